The summed E-state index contributed by atoms with van der Waals surface area (Å²) < 4.78 is 51.6. The monoisotopic (exact) mass is 584 g/mol. The number of benzene rings is 2. The van der Waals surface area contributed by atoms with Gasteiger partial charge in [0.2, 0.25) is 5.95 Å². The molecule has 0 bridgehead atoms. The molecule has 0 aliphatic carbocycles. The summed E-state index contributed by atoms with van der Waals surface area (Å²) in [6, 6.07) is 10.4. The van der Waals surface area contributed by atoms with Crippen molar-refractivity contribution in [2.24, 2.45) is 0 Å². The first-order valence-electron chi connectivity index (χ1n) is 13.7. The van der Waals surface area contributed by atoms with E-state index in [0.717, 1.165) is 41.7 Å². The maximum absolute atomic E-state index is 15.2. The van der Waals surface area contributed by atoms with Crippen LogP contribution in [0.15, 0.2) is 48.8 Å². The van der Waals surface area contributed by atoms with Gasteiger partial charge >= 0.3 is 0 Å². The van der Waals surface area contributed by atoms with E-state index >= 15 is 8.78 Å². The van der Waals surface area contributed by atoms with E-state index in [1.54, 1.807) is 23.0 Å². The summed E-state index contributed by atoms with van der Waals surface area (Å²) in [4.78, 5) is 13.2. The molecule has 0 radical (unpaired) electrons. The van der Waals surface area contributed by atoms with Crippen LogP contribution < -0.4 is 5.32 Å². The first kappa shape index (κ1) is 28.0. The molecule has 1 unspecified atom stereocenters. The zero-order valence-corrected chi connectivity index (χ0v) is 23.6. The molecule has 1 atom stereocenters. The Morgan fingerprint density at radius 2 is 1.76 bits per heavy atom. The van der Waals surface area contributed by atoms with Gasteiger partial charge in [0, 0.05) is 68.3 Å². The summed E-state index contributed by atoms with van der Waals surface area (Å²) >= 11 is 0. The fourth-order valence-corrected chi connectivity index (χ4v) is 6.76. The third kappa shape index (κ3) is 6.22. The average molecular weight is 585 g/mol. The number of likely N-dealkylation sites (tertiary alicyclic amines) is 1. The van der Waals surface area contributed by atoms with Gasteiger partial charge in [-0.15, -0.1) is 0 Å². The summed E-state index contributed by atoms with van der Waals surface area (Å²) in [5, 5.41) is 13.9. The predicted octanol–water partition coefficient (Wildman–Crippen LogP) is 4.88. The molecule has 6 rings (SSSR count). The Labute approximate surface area is 238 Å². The average Bonchev–Trinajstić information content (AvgIpc) is 3.54. The molecule has 2 aliphatic heterocycles. The minimum absolute atomic E-state index is 0.0424. The van der Waals surface area contributed by atoms with Crippen LogP contribution in [0.5, 0.6) is 0 Å². The van der Waals surface area contributed by atoms with Crippen molar-refractivity contribution >= 4 is 33.3 Å². The second kappa shape index (κ2) is 11.3. The second-order valence-electron chi connectivity index (χ2n) is 11.0. The molecule has 9 nitrogen and oxygen atoms in total. The summed E-state index contributed by atoms with van der Waals surface area (Å²) in [7, 11) is -2.58. The molecule has 2 aliphatic rings. The standard InChI is InChI=1S/C29H34F2N6O3S/c1-19-2-3-22(12-21(19)16-36-6-5-24(38)17-36)33-29-32-15-20-4-7-37(28(20)34-29)23-13-26(30)25(27(31)14-23)18-35-8-10-41(39,40)11-9-35/h2-4,7,12-15,24,38-40H,5-6,8-11,16-18H2,1H3,(H,32,33,34). The van der Waals surface area contributed by atoms with Crippen molar-refractivity contribution in [1.29, 1.82) is 0 Å². The Morgan fingerprint density at radius 1 is 1.00 bits per heavy atom. The lowest BCUT2D eigenvalue weighted by atomic mass is 10.1. The van der Waals surface area contributed by atoms with Crippen molar-refractivity contribution < 1.29 is 23.0 Å². The fourth-order valence-electron chi connectivity index (χ4n) is 5.46. The number of nitrogens with zero attached hydrogens (tertiary/aromatic N) is 5. The molecule has 0 amide bonds. The van der Waals surface area contributed by atoms with Crippen molar-refractivity contribution in [2.75, 3.05) is 43.0 Å². The van der Waals surface area contributed by atoms with E-state index in [2.05, 4.69) is 33.2 Å². The number of hydrogen-bond donors (Lipinski definition) is 4. The molecule has 4 N–H and O–H groups in total. The highest BCUT2D eigenvalue weighted by Crippen LogP contribution is 2.40. The third-order valence-corrected chi connectivity index (χ3v) is 9.60. The number of aryl methyl sites for hydroxylation is 1. The van der Waals surface area contributed by atoms with E-state index in [0.29, 0.717) is 36.9 Å². The maximum Gasteiger partial charge on any atom is 0.229 e. The summed E-state index contributed by atoms with van der Waals surface area (Å²) in [5.74, 6) is -0.538. The van der Waals surface area contributed by atoms with Crippen LogP contribution in [-0.4, -0.2) is 82.3 Å². The molecule has 4 aromatic rings. The topological polar surface area (TPSA) is 110 Å². The summed E-state index contributed by atoms with van der Waals surface area (Å²) in [5.41, 5.74) is 3.90. The van der Waals surface area contributed by atoms with E-state index in [1.807, 2.05) is 17.0 Å². The normalized spacial score (nSPS) is 20.5. The van der Waals surface area contributed by atoms with Crippen LogP contribution in [0.3, 0.4) is 0 Å². The molecule has 0 saturated carbocycles. The quantitative estimate of drug-likeness (QED) is 0.243. The van der Waals surface area contributed by atoms with Crippen LogP contribution >= 0.6 is 10.6 Å². The van der Waals surface area contributed by atoms with E-state index in [9.17, 15) is 14.2 Å². The Bertz CT molecular complexity index is 1550. The zero-order valence-electron chi connectivity index (χ0n) is 22.8. The predicted molar refractivity (Wildman–Crippen MR) is 157 cm³/mol. The second-order valence-corrected chi connectivity index (χ2v) is 13.4. The van der Waals surface area contributed by atoms with Crippen LogP contribution in [0.2, 0.25) is 0 Å². The molecule has 4 heterocycles. The Kier molecular flexibility index (Phi) is 7.70. The number of nitrogens with one attached hydrogen (secondary N) is 1. The van der Waals surface area contributed by atoms with Gasteiger partial charge in [-0.25, -0.2) is 13.8 Å². The van der Waals surface area contributed by atoms with Crippen molar-refractivity contribution in [1.82, 2.24) is 24.3 Å². The van der Waals surface area contributed by atoms with Gasteiger partial charge in [0.1, 0.15) is 17.3 Å². The zero-order chi connectivity index (χ0) is 28.7. The van der Waals surface area contributed by atoms with Crippen molar-refractivity contribution in [3.05, 3.63) is 77.1 Å². The fraction of sp³-hybridized carbons (Fsp3) is 0.379. The Balaban J connectivity index is 1.22. The summed E-state index contributed by atoms with van der Waals surface area (Å²) in [6.45, 7) is 5.16. The molecule has 0 spiro atoms. The van der Waals surface area contributed by atoms with E-state index in [1.165, 1.54) is 12.1 Å². The number of anilines is 2. The molecule has 2 aromatic heterocycles. The molecule has 12 heteroatoms. The number of hydrogen-bond acceptors (Lipinski definition) is 8. The van der Waals surface area contributed by atoms with Crippen molar-refractivity contribution in [3.8, 4) is 5.69 Å². The van der Waals surface area contributed by atoms with Crippen LogP contribution in [0.25, 0.3) is 16.7 Å². The maximum atomic E-state index is 15.2. The van der Waals surface area contributed by atoms with Gasteiger partial charge in [-0.05, 0) is 54.8 Å². The molecule has 2 fully saturated rings. The van der Waals surface area contributed by atoms with Gasteiger partial charge in [0.15, 0.2) is 0 Å². The molecular weight excluding hydrogens is 550 g/mol. The summed E-state index contributed by atoms with van der Waals surface area (Å²) in [6.07, 6.45) is 3.90. The van der Waals surface area contributed by atoms with E-state index < -0.39 is 22.2 Å². The Hall–Kier alpha value is -3.13. The third-order valence-electron chi connectivity index (χ3n) is 7.93. The van der Waals surface area contributed by atoms with Gasteiger partial charge in [0.25, 0.3) is 0 Å². The number of aromatic nitrogens is 3. The van der Waals surface area contributed by atoms with Gasteiger partial charge in [0.05, 0.1) is 23.3 Å². The lowest BCUT2D eigenvalue weighted by Crippen LogP contribution is -2.38. The largest absolute Gasteiger partial charge is 0.392 e. The highest BCUT2D eigenvalue weighted by Gasteiger charge is 2.25. The number of rotatable bonds is 7. The number of aliphatic hydroxyl groups is 1. The molecule has 2 aromatic carbocycles. The van der Waals surface area contributed by atoms with Gasteiger partial charge < -0.3 is 15.0 Å². The minimum Gasteiger partial charge on any atom is -0.392 e. The Morgan fingerprint density at radius 3 is 2.46 bits per heavy atom. The van der Waals surface area contributed by atoms with Gasteiger partial charge in [-0.3, -0.25) is 18.9 Å². The molecule has 218 valence electrons. The highest BCUT2D eigenvalue weighted by molar-refractivity contribution is 8.24. The van der Waals surface area contributed by atoms with E-state index in [-0.39, 0.29) is 29.7 Å². The molecule has 2 saturated heterocycles. The van der Waals surface area contributed by atoms with Crippen LogP contribution in [0.1, 0.15) is 23.1 Å². The van der Waals surface area contributed by atoms with Crippen molar-refractivity contribution in [2.45, 2.75) is 32.5 Å². The lowest BCUT2D eigenvalue weighted by molar-refractivity contribution is 0.174. The highest BCUT2D eigenvalue weighted by atomic mass is 32.3. The lowest BCUT2D eigenvalue weighted by Gasteiger charge is -2.41. The van der Waals surface area contributed by atoms with Crippen LogP contribution in [-0.2, 0) is 13.1 Å². The smallest absolute Gasteiger partial charge is 0.229 e. The number of β-amino-alcohol motifs (C(OH)–C–C–N with tert-alkyl or cyclic N) is 1. The number of aliphatic hydroxyl groups excluding tert-OH is 1. The SMILES string of the molecule is Cc1ccc(Nc2ncc3ccn(-c4cc(F)c(CN5CCS(O)(O)CC5)c(F)c4)c3n2)cc1CN1CCC(O)C1. The molecule has 41 heavy (non-hydrogen) atoms. The first-order chi connectivity index (χ1) is 19.6. The number of halogens is 2. The van der Waals surface area contributed by atoms with Crippen LogP contribution in [0.4, 0.5) is 20.4 Å². The van der Waals surface area contributed by atoms with Gasteiger partial charge in [-0.2, -0.15) is 15.6 Å². The van der Waals surface area contributed by atoms with Crippen molar-refractivity contribution in [3.63, 3.8) is 0 Å². The minimum atomic E-state index is -2.58. The van der Waals surface area contributed by atoms with Crippen LogP contribution in [0, 0.1) is 18.6 Å². The first-order valence-corrected chi connectivity index (χ1v) is 15.6. The number of fused-ring (bicyclic) bond motifs is 1. The molecular formula is C29H34F2N6O3S. The van der Waals surface area contributed by atoms with E-state index in [4.69, 9.17) is 0 Å². The van der Waals surface area contributed by atoms with Gasteiger partial charge in [-0.1, -0.05) is 6.07 Å².